The molecule has 0 spiro atoms. The van der Waals surface area contributed by atoms with Gasteiger partial charge in [0.2, 0.25) is 11.1 Å². The monoisotopic (exact) mass is 445 g/mol. The van der Waals surface area contributed by atoms with Gasteiger partial charge in [-0.1, -0.05) is 30.0 Å². The van der Waals surface area contributed by atoms with E-state index in [4.69, 9.17) is 0 Å². The van der Waals surface area contributed by atoms with Crippen molar-refractivity contribution in [1.29, 1.82) is 0 Å². The first-order valence-electron chi connectivity index (χ1n) is 8.88. The Bertz CT molecular complexity index is 1180. The van der Waals surface area contributed by atoms with Crippen molar-refractivity contribution in [3.05, 3.63) is 71.9 Å². The minimum absolute atomic E-state index is 0.0328. The van der Waals surface area contributed by atoms with Gasteiger partial charge in [-0.25, -0.2) is 12.8 Å². The molecule has 0 fully saturated rings. The highest BCUT2D eigenvalue weighted by atomic mass is 32.2. The van der Waals surface area contributed by atoms with Crippen LogP contribution in [0.5, 0.6) is 0 Å². The predicted molar refractivity (Wildman–Crippen MR) is 110 cm³/mol. The molecule has 0 N–H and O–H groups in total. The van der Waals surface area contributed by atoms with Gasteiger partial charge < -0.3 is 4.90 Å². The lowest BCUT2D eigenvalue weighted by atomic mass is 10.2. The third-order valence-corrected chi connectivity index (χ3v) is 6.66. The number of halogens is 1. The number of hydrogen-bond donors (Lipinski definition) is 0. The molecular formula is C19H16FN5O3S2. The van der Waals surface area contributed by atoms with E-state index in [-0.39, 0.29) is 17.4 Å². The van der Waals surface area contributed by atoms with Gasteiger partial charge in [0, 0.05) is 11.1 Å². The number of rotatable bonds is 6. The van der Waals surface area contributed by atoms with Gasteiger partial charge in [0.1, 0.15) is 5.82 Å². The van der Waals surface area contributed by atoms with Crippen LogP contribution in [0, 0.1) is 5.82 Å². The summed E-state index contributed by atoms with van der Waals surface area (Å²) in [5.74, 6) is -1.05. The van der Waals surface area contributed by atoms with Crippen molar-refractivity contribution in [3.8, 4) is 5.69 Å². The molecule has 8 nitrogen and oxygen atoms in total. The molecule has 4 rings (SSSR count). The smallest absolute Gasteiger partial charge is 0.238 e. The molecule has 3 aromatic rings. The van der Waals surface area contributed by atoms with Gasteiger partial charge in [-0.3, -0.25) is 4.79 Å². The zero-order chi connectivity index (χ0) is 21.1. The third-order valence-electron chi connectivity index (χ3n) is 4.38. The van der Waals surface area contributed by atoms with Crippen LogP contribution in [0.1, 0.15) is 0 Å². The largest absolute Gasteiger partial charge is 0.304 e. The number of carbonyl (C=O) groups excluding carboxylic acids is 1. The van der Waals surface area contributed by atoms with Gasteiger partial charge >= 0.3 is 0 Å². The highest BCUT2D eigenvalue weighted by Gasteiger charge is 2.31. The summed E-state index contributed by atoms with van der Waals surface area (Å²) >= 11 is 1.13. The predicted octanol–water partition coefficient (Wildman–Crippen LogP) is 2.24. The minimum Gasteiger partial charge on any atom is -0.304 e. The van der Waals surface area contributed by atoms with Crippen LogP contribution in [0.3, 0.4) is 0 Å². The number of aromatic nitrogens is 4. The summed E-state index contributed by atoms with van der Waals surface area (Å²) in [6.45, 7) is 0. The summed E-state index contributed by atoms with van der Waals surface area (Å²) < 4.78 is 38.6. The van der Waals surface area contributed by atoms with Crippen LogP contribution >= 0.6 is 11.8 Å². The fourth-order valence-electron chi connectivity index (χ4n) is 3.04. The van der Waals surface area contributed by atoms with Crippen molar-refractivity contribution in [2.45, 2.75) is 11.2 Å². The molecule has 0 saturated heterocycles. The van der Waals surface area contributed by atoms with E-state index in [2.05, 4.69) is 15.5 Å². The van der Waals surface area contributed by atoms with Crippen LogP contribution < -0.4 is 4.90 Å². The molecule has 30 heavy (non-hydrogen) atoms. The number of amides is 1. The van der Waals surface area contributed by atoms with Crippen molar-refractivity contribution in [2.75, 3.05) is 16.4 Å². The van der Waals surface area contributed by atoms with E-state index in [1.807, 2.05) is 30.3 Å². The second kappa shape index (κ2) is 8.36. The third kappa shape index (κ3) is 4.41. The van der Waals surface area contributed by atoms with E-state index >= 15 is 0 Å². The van der Waals surface area contributed by atoms with E-state index in [1.165, 1.54) is 39.9 Å². The number of carbonyl (C=O) groups is 1. The molecule has 0 radical (unpaired) electrons. The average Bonchev–Trinajstić information content (AvgIpc) is 3.35. The van der Waals surface area contributed by atoms with E-state index in [9.17, 15) is 17.6 Å². The first-order valence-corrected chi connectivity index (χ1v) is 11.6. The molecule has 154 valence electrons. The van der Waals surface area contributed by atoms with Crippen LogP contribution in [0.25, 0.3) is 5.69 Å². The second-order valence-corrected chi connectivity index (χ2v) is 9.34. The molecule has 1 amide bonds. The van der Waals surface area contributed by atoms with Gasteiger partial charge in [-0.05, 0) is 52.9 Å². The maximum atomic E-state index is 13.3. The Morgan fingerprint density at radius 1 is 1.17 bits per heavy atom. The first-order chi connectivity index (χ1) is 14.4. The molecule has 11 heteroatoms. The highest BCUT2D eigenvalue weighted by molar-refractivity contribution is 7.99. The van der Waals surface area contributed by atoms with Crippen LogP contribution in [0.2, 0.25) is 0 Å². The molecule has 1 aliphatic heterocycles. The van der Waals surface area contributed by atoms with Crippen molar-refractivity contribution >= 4 is 33.2 Å². The Kier molecular flexibility index (Phi) is 5.64. The summed E-state index contributed by atoms with van der Waals surface area (Å²) in [5.41, 5.74) is 1.16. The normalized spacial score (nSPS) is 17.2. The highest BCUT2D eigenvalue weighted by Crippen LogP contribution is 2.26. The molecule has 0 bridgehead atoms. The van der Waals surface area contributed by atoms with Crippen LogP contribution in [0.4, 0.5) is 10.1 Å². The summed E-state index contributed by atoms with van der Waals surface area (Å²) in [4.78, 5) is 14.4. The lowest BCUT2D eigenvalue weighted by Gasteiger charge is -2.27. The molecule has 1 aromatic heterocycles. The molecule has 2 heterocycles. The van der Waals surface area contributed by atoms with Crippen molar-refractivity contribution in [1.82, 2.24) is 20.2 Å². The minimum atomic E-state index is -3.38. The Labute approximate surface area is 176 Å². The number of para-hydroxylation sites is 1. The lowest BCUT2D eigenvalue weighted by Crippen LogP contribution is -2.42. The Hall–Kier alpha value is -3.05. The lowest BCUT2D eigenvalue weighted by molar-refractivity contribution is -0.116. The topological polar surface area (TPSA) is 98.1 Å². The summed E-state index contributed by atoms with van der Waals surface area (Å²) in [6, 6.07) is 13.9. The van der Waals surface area contributed by atoms with Gasteiger partial charge in [-0.15, -0.1) is 5.10 Å². The van der Waals surface area contributed by atoms with E-state index in [0.29, 0.717) is 10.8 Å². The summed E-state index contributed by atoms with van der Waals surface area (Å²) in [7, 11) is -3.38. The molecule has 2 aromatic carbocycles. The zero-order valence-corrected chi connectivity index (χ0v) is 17.1. The standard InChI is InChI=1S/C19H16FN5O3S2/c20-14-6-8-15(9-7-14)24(17-10-11-30(27,28)13-17)18(26)12-29-19-21-22-23-25(19)16-4-2-1-3-5-16/h1-11,17H,12-13H2/t17-/m0/s1. The van der Waals surface area contributed by atoms with Gasteiger partial charge in [0.25, 0.3) is 0 Å². The molecule has 0 saturated carbocycles. The fourth-order valence-corrected chi connectivity index (χ4v) is 5.06. The van der Waals surface area contributed by atoms with E-state index in [0.717, 1.165) is 22.9 Å². The number of benzene rings is 2. The summed E-state index contributed by atoms with van der Waals surface area (Å²) in [6.07, 6.45) is 1.47. The van der Waals surface area contributed by atoms with Crippen molar-refractivity contribution < 1.29 is 17.6 Å². The number of thioether (sulfide) groups is 1. The maximum Gasteiger partial charge on any atom is 0.238 e. The maximum absolute atomic E-state index is 13.3. The van der Waals surface area contributed by atoms with Gasteiger partial charge in [0.05, 0.1) is 23.2 Å². The Morgan fingerprint density at radius 2 is 1.90 bits per heavy atom. The number of anilines is 1. The summed E-state index contributed by atoms with van der Waals surface area (Å²) in [5, 5.41) is 13.1. The molecular weight excluding hydrogens is 429 g/mol. The number of sulfone groups is 1. The van der Waals surface area contributed by atoms with Crippen LogP contribution in [-0.4, -0.2) is 52.1 Å². The quantitative estimate of drug-likeness (QED) is 0.537. The van der Waals surface area contributed by atoms with Gasteiger partial charge in [-0.2, -0.15) is 4.68 Å². The van der Waals surface area contributed by atoms with Crippen molar-refractivity contribution in [3.63, 3.8) is 0 Å². The number of hydrogen-bond acceptors (Lipinski definition) is 7. The molecule has 0 aliphatic carbocycles. The Morgan fingerprint density at radius 3 is 2.57 bits per heavy atom. The van der Waals surface area contributed by atoms with E-state index < -0.39 is 21.7 Å². The first kappa shape index (κ1) is 20.2. The zero-order valence-electron chi connectivity index (χ0n) is 15.5. The fraction of sp³-hybridized carbons (Fsp3) is 0.158. The molecule has 1 atom stereocenters. The van der Waals surface area contributed by atoms with Crippen LogP contribution in [-0.2, 0) is 14.6 Å². The Balaban J connectivity index is 1.55. The van der Waals surface area contributed by atoms with E-state index in [1.54, 1.807) is 0 Å². The van der Waals surface area contributed by atoms with Gasteiger partial charge in [0.15, 0.2) is 9.84 Å². The number of nitrogens with zero attached hydrogens (tertiary/aromatic N) is 5. The van der Waals surface area contributed by atoms with Crippen LogP contribution in [0.15, 0.2) is 71.2 Å². The average molecular weight is 446 g/mol. The second-order valence-electron chi connectivity index (χ2n) is 6.46. The van der Waals surface area contributed by atoms with Crippen molar-refractivity contribution in [2.24, 2.45) is 0 Å². The SMILES string of the molecule is O=C(CSc1nnnn1-c1ccccc1)N(c1ccc(F)cc1)[C@H]1C=CS(=O)(=O)C1. The molecule has 0 unspecified atom stereocenters. The number of tetrazole rings is 1. The molecule has 1 aliphatic rings.